The molecule has 4 atom stereocenters. The van der Waals surface area contributed by atoms with Gasteiger partial charge in [0, 0.05) is 34.7 Å². The number of Topliss-reactive ketones (excluding diaryl/α,β-unsaturated/α-hetero) is 1. The largest absolute Gasteiger partial charge is 0.510 e. The second-order valence-electron chi connectivity index (χ2n) is 11.8. The lowest BCUT2D eigenvalue weighted by molar-refractivity contribution is -0.115. The molecule has 0 spiro atoms. The van der Waals surface area contributed by atoms with Crippen molar-refractivity contribution in [3.8, 4) is 5.75 Å². The average molecular weight is 544 g/mol. The highest BCUT2D eigenvalue weighted by atomic mass is 19.1. The molecule has 0 aliphatic heterocycles. The summed E-state index contributed by atoms with van der Waals surface area (Å²) in [5, 5.41) is 45.1. The Labute approximate surface area is 227 Å². The second kappa shape index (κ2) is 10.1. The minimum atomic E-state index is -2.28. The minimum absolute atomic E-state index is 0.00420. The molecule has 39 heavy (non-hydrogen) atoms. The van der Waals surface area contributed by atoms with E-state index < -0.39 is 58.1 Å². The number of hydrogen-bond donors (Lipinski definition) is 5. The van der Waals surface area contributed by atoms with Crippen molar-refractivity contribution in [2.75, 3.05) is 27.7 Å². The summed E-state index contributed by atoms with van der Waals surface area (Å²) in [6, 6.07) is 0.298. The van der Waals surface area contributed by atoms with Gasteiger partial charge in [-0.2, -0.15) is 0 Å². The van der Waals surface area contributed by atoms with Crippen molar-refractivity contribution in [1.29, 1.82) is 0 Å². The van der Waals surface area contributed by atoms with Crippen LogP contribution in [0.15, 0.2) is 40.9 Å². The molecule has 1 aromatic carbocycles. The molecule has 0 heterocycles. The van der Waals surface area contributed by atoms with Crippen LogP contribution in [0.1, 0.15) is 48.2 Å². The third-order valence-electron chi connectivity index (χ3n) is 8.45. The van der Waals surface area contributed by atoms with Gasteiger partial charge in [-0.25, -0.2) is 4.39 Å². The number of ketones is 1. The van der Waals surface area contributed by atoms with E-state index in [4.69, 9.17) is 5.73 Å². The number of phenolic OH excluding ortho intramolecular Hbond substituents is 1. The summed E-state index contributed by atoms with van der Waals surface area (Å²) in [6.07, 6.45) is 0.984. The summed E-state index contributed by atoms with van der Waals surface area (Å²) in [5.74, 6) is -5.09. The van der Waals surface area contributed by atoms with Crippen molar-refractivity contribution in [3.63, 3.8) is 0 Å². The Morgan fingerprint density at radius 2 is 1.90 bits per heavy atom. The minimum Gasteiger partial charge on any atom is -0.510 e. The van der Waals surface area contributed by atoms with Crippen LogP contribution in [0.25, 0.3) is 0 Å². The van der Waals surface area contributed by atoms with Gasteiger partial charge in [-0.3, -0.25) is 14.5 Å². The van der Waals surface area contributed by atoms with Crippen molar-refractivity contribution in [2.24, 2.45) is 23.5 Å². The Balaban J connectivity index is 1.82. The van der Waals surface area contributed by atoms with Crippen molar-refractivity contribution < 1.29 is 34.4 Å². The molecular formula is C29H38FN3O6. The fourth-order valence-electron chi connectivity index (χ4n) is 6.48. The highest BCUT2D eigenvalue weighted by Gasteiger charge is 2.60. The molecule has 6 N–H and O–H groups in total. The number of nitrogens with two attached hydrogens (primary N) is 1. The zero-order chi connectivity index (χ0) is 29.1. The van der Waals surface area contributed by atoms with Gasteiger partial charge in [0.1, 0.15) is 23.1 Å². The van der Waals surface area contributed by atoms with Crippen molar-refractivity contribution >= 4 is 11.7 Å². The highest BCUT2D eigenvalue weighted by molar-refractivity contribution is 6.13. The van der Waals surface area contributed by atoms with Crippen molar-refractivity contribution in [3.05, 3.63) is 63.4 Å². The summed E-state index contributed by atoms with van der Waals surface area (Å²) in [5.41, 5.74) is 2.39. The molecule has 3 aliphatic carbocycles. The number of carbonyl (C=O) groups is 2. The number of aromatic hydroxyl groups is 1. The number of benzene rings is 1. The van der Waals surface area contributed by atoms with Crippen LogP contribution in [0.5, 0.6) is 5.75 Å². The molecule has 1 aromatic rings. The van der Waals surface area contributed by atoms with E-state index in [2.05, 4.69) is 20.4 Å². The van der Waals surface area contributed by atoms with Crippen LogP contribution in [-0.4, -0.2) is 81.2 Å². The first kappa shape index (κ1) is 28.8. The number of hydrogen-bond acceptors (Lipinski definition) is 8. The van der Waals surface area contributed by atoms with Crippen LogP contribution >= 0.6 is 0 Å². The first-order valence-electron chi connectivity index (χ1n) is 13.1. The van der Waals surface area contributed by atoms with E-state index >= 15 is 4.39 Å². The number of allylic oxidation sites excluding steroid dienone is 1. The van der Waals surface area contributed by atoms with Crippen molar-refractivity contribution in [1.82, 2.24) is 9.80 Å². The quantitative estimate of drug-likeness (QED) is 0.353. The smallest absolute Gasteiger partial charge is 0.252 e. The maximum absolute atomic E-state index is 15.9. The standard InChI is InChI=1S/C29H38FN3O6/c1-13(2)7-8-33(6)12-16-11-19(34)22-17(23(16)30)9-15-10-18-24(32(4)5)26(36)20(28(31)38)14(3)29(18,39)27(37)21(15)25(22)35/h11,13,15,18,24,34,36-37,39H,3,7-10,12H2,1-2,4-6H3,(H2,31,38)/t15-,18-,24-,29-/m0/s1. The normalized spacial score (nSPS) is 26.9. The van der Waals surface area contributed by atoms with Gasteiger partial charge in [-0.15, -0.1) is 0 Å². The molecule has 3 aliphatic rings. The van der Waals surface area contributed by atoms with E-state index in [1.807, 2.05) is 11.9 Å². The number of fused-ring (bicyclic) bond motifs is 3. The third-order valence-corrected chi connectivity index (χ3v) is 8.45. The molecule has 0 aromatic heterocycles. The zero-order valence-corrected chi connectivity index (χ0v) is 23.1. The van der Waals surface area contributed by atoms with Crippen LogP contribution in [0.3, 0.4) is 0 Å². The number of aliphatic hydroxyl groups excluding tert-OH is 2. The predicted octanol–water partition coefficient (Wildman–Crippen LogP) is 2.72. The number of amides is 1. The topological polar surface area (TPSA) is 148 Å². The number of aliphatic hydroxyl groups is 3. The number of primary amides is 1. The van der Waals surface area contributed by atoms with Crippen LogP contribution in [0.4, 0.5) is 4.39 Å². The van der Waals surface area contributed by atoms with Gasteiger partial charge in [0.2, 0.25) is 0 Å². The predicted molar refractivity (Wildman–Crippen MR) is 144 cm³/mol. The van der Waals surface area contributed by atoms with E-state index in [0.29, 0.717) is 5.92 Å². The Morgan fingerprint density at radius 1 is 1.26 bits per heavy atom. The van der Waals surface area contributed by atoms with Gasteiger partial charge in [0.15, 0.2) is 11.4 Å². The lowest BCUT2D eigenvalue weighted by Gasteiger charge is -2.52. The Kier molecular flexibility index (Phi) is 7.44. The van der Waals surface area contributed by atoms with Crippen molar-refractivity contribution in [2.45, 2.75) is 51.3 Å². The Morgan fingerprint density at radius 3 is 2.46 bits per heavy atom. The van der Waals surface area contributed by atoms with E-state index in [9.17, 15) is 30.0 Å². The molecule has 1 amide bonds. The summed E-state index contributed by atoms with van der Waals surface area (Å²) in [6.45, 7) is 8.94. The first-order chi connectivity index (χ1) is 18.1. The number of rotatable bonds is 7. The molecule has 4 rings (SSSR count). The SMILES string of the molecule is C=C1C(C(N)=O)=C(O)[C@@H](N(C)C)[C@@H]2C[C@@H]3Cc4c(F)c(CN(C)CCC(C)C)cc(O)c4C(=O)C3=C(O)[C@]12O. The average Bonchev–Trinajstić information content (AvgIpc) is 2.82. The second-order valence-corrected chi connectivity index (χ2v) is 11.8. The van der Waals surface area contributed by atoms with Crippen LogP contribution in [0.2, 0.25) is 0 Å². The van der Waals surface area contributed by atoms with Gasteiger partial charge < -0.3 is 31.1 Å². The zero-order valence-electron chi connectivity index (χ0n) is 23.1. The fraction of sp³-hybridized carbons (Fsp3) is 0.517. The molecule has 9 nitrogen and oxygen atoms in total. The van der Waals surface area contributed by atoms with E-state index in [1.165, 1.54) is 6.07 Å². The maximum atomic E-state index is 15.9. The molecule has 0 unspecified atom stereocenters. The number of phenols is 1. The van der Waals surface area contributed by atoms with Gasteiger partial charge in [0.25, 0.3) is 5.91 Å². The lowest BCUT2D eigenvalue weighted by Crippen LogP contribution is -2.60. The van der Waals surface area contributed by atoms with Gasteiger partial charge in [-0.05, 0) is 64.9 Å². The van der Waals surface area contributed by atoms with Crippen LogP contribution in [-0.2, 0) is 17.8 Å². The summed E-state index contributed by atoms with van der Waals surface area (Å²) in [4.78, 5) is 29.4. The van der Waals surface area contributed by atoms with Crippen LogP contribution in [0, 0.1) is 23.6 Å². The fourth-order valence-corrected chi connectivity index (χ4v) is 6.48. The number of halogens is 1. The van der Waals surface area contributed by atoms with Gasteiger partial charge >= 0.3 is 0 Å². The monoisotopic (exact) mass is 543 g/mol. The molecule has 0 fully saturated rings. The summed E-state index contributed by atoms with van der Waals surface area (Å²) in [7, 11) is 5.12. The maximum Gasteiger partial charge on any atom is 0.252 e. The molecule has 212 valence electrons. The van der Waals surface area contributed by atoms with Gasteiger partial charge in [0.05, 0.1) is 17.2 Å². The Hall–Kier alpha value is -3.21. The lowest BCUT2D eigenvalue weighted by atomic mass is 9.57. The van der Waals surface area contributed by atoms with Crippen LogP contribution < -0.4 is 5.73 Å². The molecule has 0 saturated heterocycles. The molecular weight excluding hydrogens is 505 g/mol. The molecule has 0 radical (unpaired) electrons. The van der Waals surface area contributed by atoms with E-state index in [-0.39, 0.29) is 53.0 Å². The van der Waals surface area contributed by atoms with E-state index in [0.717, 1.165) is 13.0 Å². The van der Waals surface area contributed by atoms with Gasteiger partial charge in [-0.1, -0.05) is 20.4 Å². The highest BCUT2D eigenvalue weighted by Crippen LogP contribution is 2.55. The molecule has 10 heteroatoms. The molecule has 0 bridgehead atoms. The van der Waals surface area contributed by atoms with E-state index in [1.54, 1.807) is 19.0 Å². The molecule has 0 saturated carbocycles. The Bertz CT molecular complexity index is 1320. The summed E-state index contributed by atoms with van der Waals surface area (Å²) >= 11 is 0. The third kappa shape index (κ3) is 4.44. The number of nitrogens with zero attached hydrogens (tertiary/aromatic N) is 2. The number of carbonyl (C=O) groups excluding carboxylic acids is 2. The first-order valence-corrected chi connectivity index (χ1v) is 13.1. The summed E-state index contributed by atoms with van der Waals surface area (Å²) < 4.78 is 15.9. The number of likely N-dealkylation sites (N-methyl/N-ethyl adjacent to an activating group) is 1.